The molecule has 0 unspecified atom stereocenters. The van der Waals surface area contributed by atoms with E-state index in [-0.39, 0.29) is 28.8 Å². The molecule has 2 N–H and O–H groups in total. The Morgan fingerprint density at radius 1 is 1.28 bits per heavy atom. The van der Waals surface area contributed by atoms with Gasteiger partial charge in [0.1, 0.15) is 4.90 Å². The van der Waals surface area contributed by atoms with Crippen molar-refractivity contribution in [3.63, 3.8) is 0 Å². The minimum Gasteiger partial charge on any atom is -0.478 e. The Labute approximate surface area is 174 Å². The number of carboxylic acids is 1. The van der Waals surface area contributed by atoms with Crippen molar-refractivity contribution in [2.45, 2.75) is 31.5 Å². The third-order valence-corrected chi connectivity index (χ3v) is 6.12. The van der Waals surface area contributed by atoms with Crippen molar-refractivity contribution in [1.82, 2.24) is 14.5 Å². The number of hydrogen-bond acceptors (Lipinski definition) is 4. The Kier molecular flexibility index (Phi) is 6.88. The molecule has 1 aromatic carbocycles. The summed E-state index contributed by atoms with van der Waals surface area (Å²) in [5.41, 5.74) is -1.19. The lowest BCUT2D eigenvalue weighted by molar-refractivity contribution is -0.141. The number of aryl methyl sites for hydroxylation is 1. The summed E-state index contributed by atoms with van der Waals surface area (Å²) in [7, 11) is -4.19. The van der Waals surface area contributed by atoms with Crippen LogP contribution in [0.25, 0.3) is 0 Å². The van der Waals surface area contributed by atoms with E-state index in [1.165, 1.54) is 6.92 Å². The SMILES string of the molecule is Cc1cc(C(F)(F)F)nn1C[C@H](C)CNS(=O)(=O)c1cc(C(=O)O)c(Cl)cc1Cl. The summed E-state index contributed by atoms with van der Waals surface area (Å²) in [6.45, 7) is 2.95. The van der Waals surface area contributed by atoms with Crippen LogP contribution in [-0.4, -0.2) is 35.8 Å². The Morgan fingerprint density at radius 2 is 1.90 bits per heavy atom. The van der Waals surface area contributed by atoms with Gasteiger partial charge < -0.3 is 5.11 Å². The summed E-state index contributed by atoms with van der Waals surface area (Å²) < 4.78 is 66.6. The van der Waals surface area contributed by atoms with Crippen LogP contribution in [0, 0.1) is 12.8 Å². The maximum atomic E-state index is 12.7. The number of aromatic carboxylic acids is 1. The first-order chi connectivity index (χ1) is 13.2. The lowest BCUT2D eigenvalue weighted by Crippen LogP contribution is -2.31. The molecule has 0 saturated carbocycles. The molecule has 0 aliphatic heterocycles. The van der Waals surface area contributed by atoms with Crippen LogP contribution in [0.1, 0.15) is 28.7 Å². The molecule has 2 aromatic rings. The summed E-state index contributed by atoms with van der Waals surface area (Å²) >= 11 is 11.6. The fourth-order valence-electron chi connectivity index (χ4n) is 2.42. The first-order valence-corrected chi connectivity index (χ1v) is 10.3. The van der Waals surface area contributed by atoms with Crippen molar-refractivity contribution in [1.29, 1.82) is 0 Å². The highest BCUT2D eigenvalue weighted by Gasteiger charge is 2.34. The van der Waals surface area contributed by atoms with Gasteiger partial charge in [0, 0.05) is 18.8 Å². The van der Waals surface area contributed by atoms with Crippen molar-refractivity contribution in [2.75, 3.05) is 6.54 Å². The van der Waals surface area contributed by atoms with Crippen LogP contribution < -0.4 is 4.72 Å². The topological polar surface area (TPSA) is 101 Å². The summed E-state index contributed by atoms with van der Waals surface area (Å²) in [6, 6.07) is 2.75. The maximum Gasteiger partial charge on any atom is 0.435 e. The highest BCUT2D eigenvalue weighted by molar-refractivity contribution is 7.89. The molecule has 160 valence electrons. The van der Waals surface area contributed by atoms with Gasteiger partial charge in [0.15, 0.2) is 5.69 Å². The molecule has 2 rings (SSSR count). The number of halogens is 5. The number of nitrogens with one attached hydrogen (secondary N) is 1. The average molecular weight is 474 g/mol. The van der Waals surface area contributed by atoms with E-state index >= 15 is 0 Å². The molecule has 29 heavy (non-hydrogen) atoms. The standard InChI is InChI=1S/C16H16Cl2F3N3O4S/c1-8(7-24-9(2)3-14(23-24)16(19,20)21)6-22-29(27,28)13-4-10(15(25)26)11(17)5-12(13)18/h3-5,8,22H,6-7H2,1-2H3,(H,25,26)/t8-/m1/s1. The van der Waals surface area contributed by atoms with E-state index in [0.717, 1.165) is 22.9 Å². The van der Waals surface area contributed by atoms with Crippen LogP contribution >= 0.6 is 23.2 Å². The smallest absolute Gasteiger partial charge is 0.435 e. The molecule has 0 aliphatic carbocycles. The summed E-state index contributed by atoms with van der Waals surface area (Å²) in [5, 5.41) is 12.1. The maximum absolute atomic E-state index is 12.7. The summed E-state index contributed by atoms with van der Waals surface area (Å²) in [6.07, 6.45) is -4.58. The third-order valence-electron chi connectivity index (χ3n) is 3.92. The number of aromatic nitrogens is 2. The number of hydrogen-bond donors (Lipinski definition) is 2. The predicted octanol–water partition coefficient (Wildman–Crippen LogP) is 3.83. The van der Waals surface area contributed by atoms with Gasteiger partial charge in [-0.3, -0.25) is 4.68 Å². The van der Waals surface area contributed by atoms with Crippen LogP contribution in [-0.2, 0) is 22.7 Å². The van der Waals surface area contributed by atoms with E-state index in [2.05, 4.69) is 9.82 Å². The number of nitrogens with zero attached hydrogens (tertiary/aromatic N) is 2. The molecule has 0 spiro atoms. The lowest BCUT2D eigenvalue weighted by atomic mass is 10.2. The van der Waals surface area contributed by atoms with Crippen molar-refractivity contribution in [3.05, 3.63) is 45.2 Å². The van der Waals surface area contributed by atoms with Crippen molar-refractivity contribution in [2.24, 2.45) is 5.92 Å². The second-order valence-corrected chi connectivity index (χ2v) is 8.93. The van der Waals surface area contributed by atoms with Gasteiger partial charge >= 0.3 is 12.1 Å². The van der Waals surface area contributed by atoms with Gasteiger partial charge in [0.05, 0.1) is 15.6 Å². The number of carbonyl (C=O) groups is 1. The average Bonchev–Trinajstić information content (AvgIpc) is 2.93. The molecule has 0 saturated heterocycles. The van der Waals surface area contributed by atoms with Crippen LogP contribution in [0.2, 0.25) is 10.0 Å². The van der Waals surface area contributed by atoms with Crippen LogP contribution in [0.5, 0.6) is 0 Å². The highest BCUT2D eigenvalue weighted by atomic mass is 35.5. The first-order valence-electron chi connectivity index (χ1n) is 8.06. The zero-order valence-electron chi connectivity index (χ0n) is 15.1. The van der Waals surface area contributed by atoms with E-state index in [1.807, 2.05) is 0 Å². The predicted molar refractivity (Wildman–Crippen MR) is 99.7 cm³/mol. The molecule has 0 fully saturated rings. The van der Waals surface area contributed by atoms with E-state index < -0.39 is 44.2 Å². The molecular formula is C16H16Cl2F3N3O4S. The minimum atomic E-state index is -4.58. The van der Waals surface area contributed by atoms with Crippen molar-refractivity contribution in [3.8, 4) is 0 Å². The summed E-state index contributed by atoms with van der Waals surface area (Å²) in [5.74, 6) is -1.86. The fraction of sp³-hybridized carbons (Fsp3) is 0.375. The van der Waals surface area contributed by atoms with Gasteiger partial charge in [-0.05, 0) is 31.0 Å². The number of carboxylic acid groups (broad SMARTS) is 1. The van der Waals surface area contributed by atoms with Crippen LogP contribution in [0.15, 0.2) is 23.1 Å². The second-order valence-electron chi connectivity index (χ2n) is 6.38. The Morgan fingerprint density at radius 3 is 2.41 bits per heavy atom. The fourth-order valence-corrected chi connectivity index (χ4v) is 4.44. The zero-order chi connectivity index (χ0) is 22.1. The molecule has 0 radical (unpaired) electrons. The third kappa shape index (κ3) is 5.62. The Hall–Kier alpha value is -1.82. The molecule has 1 heterocycles. The van der Waals surface area contributed by atoms with E-state index in [4.69, 9.17) is 28.3 Å². The molecule has 1 aromatic heterocycles. The molecule has 0 amide bonds. The lowest BCUT2D eigenvalue weighted by Gasteiger charge is -2.15. The van der Waals surface area contributed by atoms with E-state index in [9.17, 15) is 26.4 Å². The van der Waals surface area contributed by atoms with Crippen molar-refractivity contribution >= 4 is 39.2 Å². The van der Waals surface area contributed by atoms with Crippen LogP contribution in [0.3, 0.4) is 0 Å². The number of sulfonamides is 1. The quantitative estimate of drug-likeness (QED) is 0.636. The Bertz CT molecular complexity index is 1040. The molecule has 13 heteroatoms. The largest absolute Gasteiger partial charge is 0.478 e. The second kappa shape index (κ2) is 8.50. The highest BCUT2D eigenvalue weighted by Crippen LogP contribution is 2.30. The van der Waals surface area contributed by atoms with Crippen molar-refractivity contribution < 1.29 is 31.5 Å². The van der Waals surface area contributed by atoms with Gasteiger partial charge in [-0.1, -0.05) is 30.1 Å². The van der Waals surface area contributed by atoms with Gasteiger partial charge in [-0.2, -0.15) is 18.3 Å². The van der Waals surface area contributed by atoms with E-state index in [1.54, 1.807) is 6.92 Å². The van der Waals surface area contributed by atoms with Gasteiger partial charge in [0.25, 0.3) is 0 Å². The number of alkyl halides is 3. The van der Waals surface area contributed by atoms with E-state index in [0.29, 0.717) is 0 Å². The Balaban J connectivity index is 2.14. The molecule has 0 bridgehead atoms. The molecule has 7 nitrogen and oxygen atoms in total. The molecule has 0 aliphatic rings. The summed E-state index contributed by atoms with van der Waals surface area (Å²) in [4.78, 5) is 10.7. The molecule has 1 atom stereocenters. The normalized spacial score (nSPS) is 13.5. The van der Waals surface area contributed by atoms with Crippen LogP contribution in [0.4, 0.5) is 13.2 Å². The number of benzene rings is 1. The first kappa shape index (κ1) is 23.5. The zero-order valence-corrected chi connectivity index (χ0v) is 17.4. The minimum absolute atomic E-state index is 0.0269. The monoisotopic (exact) mass is 473 g/mol. The van der Waals surface area contributed by atoms with Gasteiger partial charge in [-0.25, -0.2) is 17.9 Å². The number of rotatable bonds is 7. The molecular weight excluding hydrogens is 458 g/mol. The van der Waals surface area contributed by atoms with Gasteiger partial charge in [0.2, 0.25) is 10.0 Å². The van der Waals surface area contributed by atoms with Gasteiger partial charge in [-0.15, -0.1) is 0 Å².